The minimum atomic E-state index is -4.00. The third-order valence-electron chi connectivity index (χ3n) is 2.81. The summed E-state index contributed by atoms with van der Waals surface area (Å²) in [7, 11) is -8.01. The second-order valence-electron chi connectivity index (χ2n) is 5.51. The van der Waals surface area contributed by atoms with Crippen LogP contribution < -0.4 is 0 Å². The van der Waals surface area contributed by atoms with Crippen LogP contribution in [0.3, 0.4) is 0 Å². The Hall–Kier alpha value is -2.78. The first-order valence-corrected chi connectivity index (χ1v) is 11.1. The molecule has 2 aromatic rings. The summed E-state index contributed by atoms with van der Waals surface area (Å²) >= 11 is 0. The van der Waals surface area contributed by atoms with Gasteiger partial charge < -0.3 is 0 Å². The molecule has 0 saturated heterocycles. The molecule has 2 aromatic carbocycles. The van der Waals surface area contributed by atoms with E-state index in [1.807, 2.05) is 19.1 Å². The molecule has 6 nitrogen and oxygen atoms in total. The normalized spacial score (nSPS) is 11.1. The van der Waals surface area contributed by atoms with Crippen LogP contribution in [0.15, 0.2) is 96.3 Å². The number of rotatable bonds is 5. The number of hydrogen-bond donors (Lipinski definition) is 2. The second-order valence-corrected chi connectivity index (χ2v) is 8.11. The van der Waals surface area contributed by atoms with Gasteiger partial charge in [0.05, 0.1) is 10.8 Å². The summed E-state index contributed by atoms with van der Waals surface area (Å²) in [5.41, 5.74) is 2.48. The van der Waals surface area contributed by atoms with Gasteiger partial charge >= 0.3 is 0 Å². The van der Waals surface area contributed by atoms with Crippen LogP contribution in [-0.2, 0) is 20.2 Å². The van der Waals surface area contributed by atoms with Crippen molar-refractivity contribution in [2.24, 2.45) is 0 Å². The van der Waals surface area contributed by atoms with E-state index in [-0.39, 0.29) is 0 Å². The lowest BCUT2D eigenvalue weighted by molar-refractivity contribution is 0.492. The van der Waals surface area contributed by atoms with Gasteiger partial charge in [-0.05, 0) is 30.2 Å². The summed E-state index contributed by atoms with van der Waals surface area (Å²) in [6, 6.07) is 17.7. The summed E-state index contributed by atoms with van der Waals surface area (Å²) in [6.07, 6.45) is 4.38. The fourth-order valence-electron chi connectivity index (χ4n) is 1.46. The van der Waals surface area contributed by atoms with Crippen LogP contribution in [0.5, 0.6) is 0 Å². The molecule has 0 aliphatic carbocycles. The lowest BCUT2D eigenvalue weighted by atomic mass is 10.2. The van der Waals surface area contributed by atoms with Gasteiger partial charge in [-0.1, -0.05) is 85.5 Å². The second kappa shape index (κ2) is 13.4. The third-order valence-corrected chi connectivity index (χ3v) is 3.77. The van der Waals surface area contributed by atoms with Crippen LogP contribution in [0, 0.1) is 0 Å². The van der Waals surface area contributed by atoms with E-state index in [2.05, 4.69) is 13.2 Å². The van der Waals surface area contributed by atoms with Crippen molar-refractivity contribution in [2.45, 2.75) is 6.92 Å². The topological polar surface area (TPSA) is 109 Å². The monoisotopic (exact) mass is 436 g/mol. The molecular weight excluding hydrogens is 412 g/mol. The van der Waals surface area contributed by atoms with Gasteiger partial charge in [-0.3, -0.25) is 9.11 Å². The van der Waals surface area contributed by atoms with E-state index >= 15 is 0 Å². The molecule has 0 fully saturated rings. The van der Waals surface area contributed by atoms with Crippen molar-refractivity contribution in [3.05, 3.63) is 107 Å². The van der Waals surface area contributed by atoms with Crippen LogP contribution in [0.25, 0.3) is 12.2 Å². The highest BCUT2D eigenvalue weighted by Crippen LogP contribution is 2.02. The molecule has 156 valence electrons. The Balaban J connectivity index is 0.000000442. The Morgan fingerprint density at radius 3 is 1.24 bits per heavy atom. The van der Waals surface area contributed by atoms with Crippen molar-refractivity contribution in [3.8, 4) is 0 Å². The summed E-state index contributed by atoms with van der Waals surface area (Å²) in [5.74, 6) is 0. The summed E-state index contributed by atoms with van der Waals surface area (Å²) in [5, 5.41) is 1.50. The first kappa shape index (κ1) is 26.2. The smallest absolute Gasteiger partial charge is 0.282 e. The predicted octanol–water partition coefficient (Wildman–Crippen LogP) is 4.84. The van der Waals surface area contributed by atoms with Gasteiger partial charge in [0.15, 0.2) is 0 Å². The quantitative estimate of drug-likeness (QED) is 0.513. The molecule has 0 radical (unpaired) electrons. The Labute approximate surface area is 172 Å². The Bertz CT molecular complexity index is 944. The van der Waals surface area contributed by atoms with Crippen molar-refractivity contribution in [1.82, 2.24) is 0 Å². The van der Waals surface area contributed by atoms with E-state index in [9.17, 15) is 16.8 Å². The van der Waals surface area contributed by atoms with Crippen LogP contribution in [0.4, 0.5) is 0 Å². The van der Waals surface area contributed by atoms with Gasteiger partial charge in [0, 0.05) is 0 Å². The van der Waals surface area contributed by atoms with E-state index in [1.54, 1.807) is 54.6 Å². The molecule has 0 amide bonds. The average molecular weight is 437 g/mol. The third kappa shape index (κ3) is 18.4. The predicted molar refractivity (Wildman–Crippen MR) is 119 cm³/mol. The largest absolute Gasteiger partial charge is 0.287 e. The van der Waals surface area contributed by atoms with E-state index in [1.165, 1.54) is 12.2 Å². The lowest BCUT2D eigenvalue weighted by Crippen LogP contribution is -1.88. The van der Waals surface area contributed by atoms with Crippen LogP contribution in [0.2, 0.25) is 0 Å². The fourth-order valence-corrected chi connectivity index (χ4v) is 2.12. The molecule has 29 heavy (non-hydrogen) atoms. The zero-order valence-electron chi connectivity index (χ0n) is 15.9. The highest BCUT2D eigenvalue weighted by Gasteiger charge is 1.95. The molecule has 0 bridgehead atoms. The molecule has 2 rings (SSSR count). The standard InChI is InChI=1S/2C8H8O3S.C5H8/c2*9-12(10,11)7-6-8-4-2-1-3-5-8;1-4-5(2)3/h2*1-7H,(H,9,10,11);4H,1-2H2,3H3. The molecule has 0 heterocycles. The van der Waals surface area contributed by atoms with Crippen LogP contribution in [-0.4, -0.2) is 25.9 Å². The molecule has 0 atom stereocenters. The van der Waals surface area contributed by atoms with E-state index < -0.39 is 20.2 Å². The number of benzene rings is 2. The highest BCUT2D eigenvalue weighted by atomic mass is 32.2. The average Bonchev–Trinajstić information content (AvgIpc) is 2.66. The molecule has 2 N–H and O–H groups in total. The SMILES string of the molecule is C=CC(=C)C.O=S(=O)(O)C=Cc1ccccc1.O=S(=O)(O)C=Cc1ccccc1. The minimum absolute atomic E-state index is 0.732. The fraction of sp³-hybridized carbons (Fsp3) is 0.0476. The maximum Gasteiger partial charge on any atom is 0.287 e. The molecule has 0 aliphatic heterocycles. The first-order valence-electron chi connectivity index (χ1n) is 8.12. The maximum atomic E-state index is 10.3. The minimum Gasteiger partial charge on any atom is -0.282 e. The van der Waals surface area contributed by atoms with Gasteiger partial charge in [-0.25, -0.2) is 0 Å². The van der Waals surface area contributed by atoms with E-state index in [4.69, 9.17) is 9.11 Å². The molecule has 0 aliphatic rings. The van der Waals surface area contributed by atoms with Crippen LogP contribution in [0.1, 0.15) is 18.1 Å². The summed E-state index contributed by atoms with van der Waals surface area (Å²) in [6.45, 7) is 8.93. The van der Waals surface area contributed by atoms with Gasteiger partial charge in [-0.2, -0.15) is 16.8 Å². The highest BCUT2D eigenvalue weighted by molar-refractivity contribution is 7.89. The molecule has 0 unspecified atom stereocenters. The first-order chi connectivity index (χ1) is 13.4. The zero-order valence-corrected chi connectivity index (χ0v) is 17.6. The van der Waals surface area contributed by atoms with Crippen molar-refractivity contribution < 1.29 is 25.9 Å². The molecule has 0 saturated carbocycles. The summed E-state index contributed by atoms with van der Waals surface area (Å²) < 4.78 is 57.8. The van der Waals surface area contributed by atoms with Crippen molar-refractivity contribution in [2.75, 3.05) is 0 Å². The van der Waals surface area contributed by atoms with Gasteiger partial charge in [0.1, 0.15) is 0 Å². The summed E-state index contributed by atoms with van der Waals surface area (Å²) in [4.78, 5) is 0. The Morgan fingerprint density at radius 1 is 0.759 bits per heavy atom. The zero-order chi connectivity index (χ0) is 22.3. The Kier molecular flexibility index (Phi) is 12.1. The van der Waals surface area contributed by atoms with Crippen molar-refractivity contribution in [3.63, 3.8) is 0 Å². The van der Waals surface area contributed by atoms with Crippen molar-refractivity contribution in [1.29, 1.82) is 0 Å². The lowest BCUT2D eigenvalue weighted by Gasteiger charge is -1.89. The van der Waals surface area contributed by atoms with Gasteiger partial charge in [0.2, 0.25) is 0 Å². The molecule has 0 spiro atoms. The van der Waals surface area contributed by atoms with Gasteiger partial charge in [-0.15, -0.1) is 0 Å². The Morgan fingerprint density at radius 2 is 1.03 bits per heavy atom. The van der Waals surface area contributed by atoms with Crippen molar-refractivity contribution >= 4 is 32.4 Å². The van der Waals surface area contributed by atoms with E-state index in [0.717, 1.165) is 27.5 Å². The van der Waals surface area contributed by atoms with Crippen LogP contribution >= 0.6 is 0 Å². The number of hydrogen-bond acceptors (Lipinski definition) is 4. The maximum absolute atomic E-state index is 10.3. The molecular formula is C21H24O6S2. The number of allylic oxidation sites excluding steroid dienone is 2. The van der Waals surface area contributed by atoms with E-state index in [0.29, 0.717) is 0 Å². The molecule has 0 aromatic heterocycles. The molecule has 8 heteroatoms. The van der Waals surface area contributed by atoms with Gasteiger partial charge in [0.25, 0.3) is 20.2 Å².